The zero-order valence-electron chi connectivity index (χ0n) is 14.8. The van der Waals surface area contributed by atoms with Crippen molar-refractivity contribution in [1.82, 2.24) is 25.1 Å². The fourth-order valence-electron chi connectivity index (χ4n) is 2.80. The highest BCUT2D eigenvalue weighted by Crippen LogP contribution is 2.19. The van der Waals surface area contributed by atoms with E-state index in [-0.39, 0.29) is 5.91 Å². The summed E-state index contributed by atoms with van der Waals surface area (Å²) in [5, 5.41) is 11.4. The summed E-state index contributed by atoms with van der Waals surface area (Å²) in [7, 11) is 0. The largest absolute Gasteiger partial charge is 0.467 e. The molecule has 3 aromatic heterocycles. The Balaban J connectivity index is 1.41. The predicted octanol–water partition coefficient (Wildman–Crippen LogP) is 3.07. The molecule has 4 aromatic rings. The van der Waals surface area contributed by atoms with Crippen LogP contribution in [0.3, 0.4) is 0 Å². The monoisotopic (exact) mass is 488 g/mol. The Labute approximate surface area is 174 Å². The highest BCUT2D eigenvalue weighted by Gasteiger charge is 2.12. The number of nitrogens with one attached hydrogen (secondary N) is 2. The maximum Gasteiger partial charge on any atom is 0.252 e. The number of carbonyl (C=O) groups excluding carboxylic acids is 1. The third kappa shape index (κ3) is 3.98. The van der Waals surface area contributed by atoms with Crippen molar-refractivity contribution < 1.29 is 9.21 Å². The normalized spacial score (nSPS) is 10.9. The molecule has 142 valence electrons. The van der Waals surface area contributed by atoms with Crippen LogP contribution < -0.4 is 10.6 Å². The van der Waals surface area contributed by atoms with Crippen LogP contribution in [0.15, 0.2) is 59.6 Å². The summed E-state index contributed by atoms with van der Waals surface area (Å²) < 4.78 is 8.00. The fourth-order valence-corrected chi connectivity index (χ4v) is 3.43. The van der Waals surface area contributed by atoms with Crippen molar-refractivity contribution in [2.45, 2.75) is 13.1 Å². The van der Waals surface area contributed by atoms with Gasteiger partial charge < -0.3 is 15.1 Å². The van der Waals surface area contributed by atoms with Crippen LogP contribution in [0.1, 0.15) is 16.1 Å². The van der Waals surface area contributed by atoms with Gasteiger partial charge in [0.05, 0.1) is 36.5 Å². The van der Waals surface area contributed by atoms with E-state index in [2.05, 4.69) is 48.3 Å². The van der Waals surface area contributed by atoms with Crippen molar-refractivity contribution in [2.24, 2.45) is 0 Å². The van der Waals surface area contributed by atoms with Gasteiger partial charge in [0.25, 0.3) is 5.91 Å². The Morgan fingerprint density at radius 1 is 1.18 bits per heavy atom. The third-order valence-electron chi connectivity index (χ3n) is 4.17. The van der Waals surface area contributed by atoms with E-state index in [0.29, 0.717) is 36.7 Å². The number of rotatable bonds is 7. The maximum atomic E-state index is 12.3. The second kappa shape index (κ2) is 8.38. The molecule has 0 aliphatic rings. The highest BCUT2D eigenvalue weighted by atomic mass is 127. The SMILES string of the molecule is O=C(NCCn1ncc2c(NCc3ccco3)ncnc21)c1ccccc1I. The smallest absolute Gasteiger partial charge is 0.252 e. The van der Waals surface area contributed by atoms with E-state index in [1.165, 1.54) is 6.33 Å². The molecule has 1 amide bonds. The van der Waals surface area contributed by atoms with Gasteiger partial charge in [0, 0.05) is 10.1 Å². The Bertz CT molecular complexity index is 1090. The van der Waals surface area contributed by atoms with Gasteiger partial charge in [0.15, 0.2) is 5.65 Å². The third-order valence-corrected chi connectivity index (χ3v) is 5.11. The molecule has 3 heterocycles. The Hall–Kier alpha value is -2.95. The zero-order chi connectivity index (χ0) is 19.3. The predicted molar refractivity (Wildman–Crippen MR) is 113 cm³/mol. The average molecular weight is 488 g/mol. The first-order valence-electron chi connectivity index (χ1n) is 8.68. The molecule has 0 atom stereocenters. The van der Waals surface area contributed by atoms with Crippen molar-refractivity contribution in [2.75, 3.05) is 11.9 Å². The lowest BCUT2D eigenvalue weighted by Gasteiger charge is -2.08. The van der Waals surface area contributed by atoms with Crippen LogP contribution in [0.5, 0.6) is 0 Å². The van der Waals surface area contributed by atoms with E-state index in [1.807, 2.05) is 36.4 Å². The minimum Gasteiger partial charge on any atom is -0.467 e. The second-order valence-corrected chi connectivity index (χ2v) is 7.16. The lowest BCUT2D eigenvalue weighted by molar-refractivity contribution is 0.0951. The molecule has 9 heteroatoms. The van der Waals surface area contributed by atoms with Crippen LogP contribution >= 0.6 is 22.6 Å². The number of anilines is 1. The van der Waals surface area contributed by atoms with E-state index in [0.717, 1.165) is 14.7 Å². The van der Waals surface area contributed by atoms with Gasteiger partial charge in [-0.25, -0.2) is 14.6 Å². The van der Waals surface area contributed by atoms with Crippen LogP contribution in [0.25, 0.3) is 11.0 Å². The number of fused-ring (bicyclic) bond motifs is 1. The van der Waals surface area contributed by atoms with Crippen LogP contribution in [0.2, 0.25) is 0 Å². The molecule has 8 nitrogen and oxygen atoms in total. The van der Waals surface area contributed by atoms with E-state index in [1.54, 1.807) is 17.1 Å². The van der Waals surface area contributed by atoms with Crippen LogP contribution in [-0.2, 0) is 13.1 Å². The quantitative estimate of drug-likeness (QED) is 0.388. The van der Waals surface area contributed by atoms with Gasteiger partial charge in [-0.3, -0.25) is 4.79 Å². The van der Waals surface area contributed by atoms with E-state index < -0.39 is 0 Å². The van der Waals surface area contributed by atoms with Crippen LogP contribution in [-0.4, -0.2) is 32.2 Å². The van der Waals surface area contributed by atoms with Gasteiger partial charge in [-0.2, -0.15) is 5.10 Å². The molecule has 1 aromatic carbocycles. The van der Waals surface area contributed by atoms with E-state index in [4.69, 9.17) is 4.42 Å². The molecule has 2 N–H and O–H groups in total. The molecule has 0 spiro atoms. The highest BCUT2D eigenvalue weighted by molar-refractivity contribution is 14.1. The summed E-state index contributed by atoms with van der Waals surface area (Å²) in [6, 6.07) is 11.2. The Morgan fingerprint density at radius 2 is 2.07 bits per heavy atom. The topological polar surface area (TPSA) is 97.9 Å². The van der Waals surface area contributed by atoms with E-state index in [9.17, 15) is 4.79 Å². The number of hydrogen-bond donors (Lipinski definition) is 2. The number of hydrogen-bond acceptors (Lipinski definition) is 6. The first kappa shape index (κ1) is 18.4. The summed E-state index contributed by atoms with van der Waals surface area (Å²) in [4.78, 5) is 20.9. The van der Waals surface area contributed by atoms with Crippen molar-refractivity contribution in [3.8, 4) is 0 Å². The maximum absolute atomic E-state index is 12.3. The molecule has 0 unspecified atom stereocenters. The van der Waals surface area contributed by atoms with Crippen molar-refractivity contribution in [3.63, 3.8) is 0 Å². The van der Waals surface area contributed by atoms with Gasteiger partial charge in [-0.1, -0.05) is 12.1 Å². The fraction of sp³-hybridized carbons (Fsp3) is 0.158. The number of amides is 1. The molecule has 0 fully saturated rings. The lowest BCUT2D eigenvalue weighted by Crippen LogP contribution is -2.28. The van der Waals surface area contributed by atoms with Crippen LogP contribution in [0.4, 0.5) is 5.82 Å². The minimum atomic E-state index is -0.100. The van der Waals surface area contributed by atoms with Gasteiger partial charge in [0.2, 0.25) is 0 Å². The van der Waals surface area contributed by atoms with Gasteiger partial charge in [0.1, 0.15) is 17.9 Å². The summed E-state index contributed by atoms with van der Waals surface area (Å²) in [5.41, 5.74) is 1.38. The summed E-state index contributed by atoms with van der Waals surface area (Å²) >= 11 is 2.16. The van der Waals surface area contributed by atoms with E-state index >= 15 is 0 Å². The number of aromatic nitrogens is 4. The molecular weight excluding hydrogens is 471 g/mol. The molecule has 0 radical (unpaired) electrons. The molecule has 0 saturated heterocycles. The number of nitrogens with zero attached hydrogens (tertiary/aromatic N) is 4. The molecule has 0 aliphatic carbocycles. The van der Waals surface area contributed by atoms with Gasteiger partial charge in [-0.05, 0) is 46.9 Å². The first-order valence-corrected chi connectivity index (χ1v) is 9.76. The Kier molecular flexibility index (Phi) is 5.51. The molecule has 4 rings (SSSR count). The van der Waals surface area contributed by atoms with Crippen molar-refractivity contribution >= 4 is 45.3 Å². The molecule has 28 heavy (non-hydrogen) atoms. The molecular formula is C19H17IN6O2. The first-order chi connectivity index (χ1) is 13.7. The van der Waals surface area contributed by atoms with Gasteiger partial charge >= 0.3 is 0 Å². The van der Waals surface area contributed by atoms with Crippen molar-refractivity contribution in [1.29, 1.82) is 0 Å². The number of benzene rings is 1. The molecule has 0 bridgehead atoms. The minimum absolute atomic E-state index is 0.100. The number of carbonyl (C=O) groups is 1. The summed E-state index contributed by atoms with van der Waals surface area (Å²) in [5.74, 6) is 1.41. The summed E-state index contributed by atoms with van der Waals surface area (Å²) in [6.45, 7) is 1.48. The number of halogens is 1. The average Bonchev–Trinajstić information content (AvgIpc) is 3.37. The lowest BCUT2D eigenvalue weighted by atomic mass is 10.2. The van der Waals surface area contributed by atoms with Crippen LogP contribution in [0, 0.1) is 3.57 Å². The van der Waals surface area contributed by atoms with Gasteiger partial charge in [-0.15, -0.1) is 0 Å². The molecule has 0 saturated carbocycles. The zero-order valence-corrected chi connectivity index (χ0v) is 17.0. The molecule has 0 aliphatic heterocycles. The standard InChI is InChI=1S/C19H17IN6O2/c20-16-6-2-1-5-14(16)19(27)21-7-8-26-18-15(11-25-26)17(23-12-24-18)22-10-13-4-3-9-28-13/h1-6,9,11-12H,7-8,10H2,(H,21,27)(H,22,23,24). The second-order valence-electron chi connectivity index (χ2n) is 6.00. The van der Waals surface area contributed by atoms with Crippen molar-refractivity contribution in [3.05, 3.63) is 70.1 Å². The number of furan rings is 1. The summed E-state index contributed by atoms with van der Waals surface area (Å²) in [6.07, 6.45) is 4.85. The Morgan fingerprint density at radius 3 is 2.89 bits per heavy atom.